The number of hydrogen-bond donors (Lipinski definition) is 1. The molecule has 0 unspecified atom stereocenters. The van der Waals surface area contributed by atoms with E-state index in [0.717, 1.165) is 17.7 Å². The second-order valence-corrected chi connectivity index (χ2v) is 6.53. The molecule has 134 valence electrons. The molecule has 0 aliphatic carbocycles. The maximum atomic E-state index is 12.8. The topological polar surface area (TPSA) is 54.5 Å². The van der Waals surface area contributed by atoms with Crippen molar-refractivity contribution in [2.45, 2.75) is 13.3 Å². The summed E-state index contributed by atoms with van der Waals surface area (Å²) < 4.78 is 5.21. The van der Waals surface area contributed by atoms with E-state index in [-0.39, 0.29) is 6.03 Å². The minimum absolute atomic E-state index is 0.200. The number of aromatic nitrogens is 1. The van der Waals surface area contributed by atoms with Gasteiger partial charge in [0.2, 0.25) is 0 Å². The van der Waals surface area contributed by atoms with Gasteiger partial charge in [0.1, 0.15) is 5.75 Å². The molecular formula is C20H21N3O2S. The van der Waals surface area contributed by atoms with Crippen LogP contribution in [-0.2, 0) is 0 Å². The van der Waals surface area contributed by atoms with Crippen LogP contribution in [0, 0.1) is 0 Å². The number of hydrogen-bond acceptors (Lipinski definition) is 4. The number of anilines is 2. The Morgan fingerprint density at radius 3 is 2.73 bits per heavy atom. The molecule has 1 aromatic heterocycles. The normalized spacial score (nSPS) is 10.4. The highest BCUT2D eigenvalue weighted by atomic mass is 32.1. The average Bonchev–Trinajstić information content (AvgIpc) is 3.16. The Balaban J connectivity index is 1.80. The van der Waals surface area contributed by atoms with Crippen LogP contribution in [0.15, 0.2) is 60.0 Å². The smallest absolute Gasteiger partial charge is 0.328 e. The van der Waals surface area contributed by atoms with Gasteiger partial charge in [-0.2, -0.15) is 0 Å². The fraction of sp³-hybridized carbons (Fsp3) is 0.200. The number of methoxy groups -OCH3 is 1. The Morgan fingerprint density at radius 1 is 1.19 bits per heavy atom. The van der Waals surface area contributed by atoms with Gasteiger partial charge in [-0.05, 0) is 18.6 Å². The van der Waals surface area contributed by atoms with Crippen LogP contribution in [-0.4, -0.2) is 24.7 Å². The van der Waals surface area contributed by atoms with E-state index in [2.05, 4.69) is 10.3 Å². The molecule has 0 saturated carbocycles. The summed E-state index contributed by atoms with van der Waals surface area (Å²) in [5.41, 5.74) is 2.61. The number of benzene rings is 2. The van der Waals surface area contributed by atoms with Gasteiger partial charge in [0.25, 0.3) is 0 Å². The number of nitrogens with one attached hydrogen (secondary N) is 1. The average molecular weight is 367 g/mol. The summed E-state index contributed by atoms with van der Waals surface area (Å²) in [6.07, 6.45) is 0.839. The lowest BCUT2D eigenvalue weighted by Gasteiger charge is -2.20. The van der Waals surface area contributed by atoms with Crippen LogP contribution < -0.4 is 15.0 Å². The molecule has 6 heteroatoms. The van der Waals surface area contributed by atoms with Crippen molar-refractivity contribution in [2.75, 3.05) is 23.9 Å². The third kappa shape index (κ3) is 4.21. The number of ether oxygens (including phenoxy) is 1. The first kappa shape index (κ1) is 17.9. The third-order valence-corrected chi connectivity index (χ3v) is 4.67. The predicted octanol–water partition coefficient (Wildman–Crippen LogP) is 5.27. The zero-order valence-corrected chi connectivity index (χ0v) is 15.6. The first-order valence-corrected chi connectivity index (χ1v) is 9.32. The van der Waals surface area contributed by atoms with Crippen molar-refractivity contribution in [1.82, 2.24) is 4.98 Å². The van der Waals surface area contributed by atoms with Gasteiger partial charge >= 0.3 is 6.03 Å². The molecule has 0 atom stereocenters. The fourth-order valence-corrected chi connectivity index (χ4v) is 3.39. The Bertz CT molecular complexity index is 864. The summed E-state index contributed by atoms with van der Waals surface area (Å²) in [5.74, 6) is 0.699. The van der Waals surface area contributed by atoms with E-state index in [1.807, 2.05) is 60.8 Å². The lowest BCUT2D eigenvalue weighted by atomic mass is 10.2. The predicted molar refractivity (Wildman–Crippen MR) is 107 cm³/mol. The first-order chi connectivity index (χ1) is 12.7. The lowest BCUT2D eigenvalue weighted by Crippen LogP contribution is -2.35. The molecule has 0 aliphatic rings. The zero-order valence-electron chi connectivity index (χ0n) is 14.8. The Labute approximate surface area is 157 Å². The molecule has 0 aliphatic heterocycles. The van der Waals surface area contributed by atoms with Gasteiger partial charge in [-0.15, -0.1) is 11.3 Å². The molecule has 1 N–H and O–H groups in total. The Morgan fingerprint density at radius 2 is 2.00 bits per heavy atom. The van der Waals surface area contributed by atoms with Crippen LogP contribution in [0.3, 0.4) is 0 Å². The van der Waals surface area contributed by atoms with Crippen LogP contribution in [0.1, 0.15) is 13.3 Å². The minimum Gasteiger partial charge on any atom is -0.497 e. The van der Waals surface area contributed by atoms with Crippen LogP contribution >= 0.6 is 11.3 Å². The molecule has 2 amide bonds. The number of nitrogens with zero attached hydrogens (tertiary/aromatic N) is 2. The van der Waals surface area contributed by atoms with Crippen LogP contribution in [0.4, 0.5) is 15.6 Å². The summed E-state index contributed by atoms with van der Waals surface area (Å²) >= 11 is 1.47. The van der Waals surface area contributed by atoms with Crippen molar-refractivity contribution >= 4 is 28.2 Å². The van der Waals surface area contributed by atoms with Gasteiger partial charge < -0.3 is 10.1 Å². The van der Waals surface area contributed by atoms with Crippen LogP contribution in [0.2, 0.25) is 0 Å². The zero-order chi connectivity index (χ0) is 18.4. The summed E-state index contributed by atoms with van der Waals surface area (Å²) in [7, 11) is 1.60. The van der Waals surface area contributed by atoms with Gasteiger partial charge in [-0.1, -0.05) is 43.3 Å². The van der Waals surface area contributed by atoms with E-state index >= 15 is 0 Å². The summed E-state index contributed by atoms with van der Waals surface area (Å²) in [5, 5.41) is 5.59. The maximum Gasteiger partial charge on any atom is 0.328 e. The van der Waals surface area contributed by atoms with Gasteiger partial charge in [0, 0.05) is 29.2 Å². The summed E-state index contributed by atoms with van der Waals surface area (Å²) in [6.45, 7) is 2.63. The molecule has 3 rings (SSSR count). The molecule has 0 fully saturated rings. The van der Waals surface area contributed by atoms with E-state index in [0.29, 0.717) is 23.1 Å². The van der Waals surface area contributed by atoms with Gasteiger partial charge in [0.15, 0.2) is 5.13 Å². The number of rotatable bonds is 6. The van der Waals surface area contributed by atoms with E-state index in [1.54, 1.807) is 18.1 Å². The largest absolute Gasteiger partial charge is 0.497 e. The first-order valence-electron chi connectivity index (χ1n) is 8.44. The maximum absolute atomic E-state index is 12.8. The minimum atomic E-state index is -0.200. The second kappa shape index (κ2) is 8.49. The van der Waals surface area contributed by atoms with E-state index in [9.17, 15) is 4.79 Å². The van der Waals surface area contributed by atoms with Crippen molar-refractivity contribution in [1.29, 1.82) is 0 Å². The molecule has 0 bridgehead atoms. The third-order valence-electron chi connectivity index (χ3n) is 3.81. The van der Waals surface area contributed by atoms with Crippen molar-refractivity contribution in [3.05, 3.63) is 60.0 Å². The van der Waals surface area contributed by atoms with E-state index in [1.165, 1.54) is 11.3 Å². The number of carbonyl (C=O) groups excluding carboxylic acids is 1. The fourth-order valence-electron chi connectivity index (χ4n) is 2.53. The molecule has 1 heterocycles. The van der Waals surface area contributed by atoms with Crippen molar-refractivity contribution in [3.63, 3.8) is 0 Å². The molecule has 2 aromatic carbocycles. The van der Waals surface area contributed by atoms with E-state index < -0.39 is 0 Å². The number of thiazole rings is 1. The molecule has 5 nitrogen and oxygen atoms in total. The Hall–Kier alpha value is -2.86. The van der Waals surface area contributed by atoms with Crippen molar-refractivity contribution < 1.29 is 9.53 Å². The van der Waals surface area contributed by atoms with Gasteiger partial charge in [0.05, 0.1) is 12.8 Å². The highest BCUT2D eigenvalue weighted by molar-refractivity contribution is 7.14. The van der Waals surface area contributed by atoms with Crippen LogP contribution in [0.5, 0.6) is 5.75 Å². The summed E-state index contributed by atoms with van der Waals surface area (Å²) in [6, 6.07) is 17.1. The quantitative estimate of drug-likeness (QED) is 0.646. The van der Waals surface area contributed by atoms with Gasteiger partial charge in [-0.25, -0.2) is 9.78 Å². The van der Waals surface area contributed by atoms with Crippen molar-refractivity contribution in [3.8, 4) is 17.0 Å². The number of amides is 2. The molecule has 3 aromatic rings. The van der Waals surface area contributed by atoms with Crippen molar-refractivity contribution in [2.24, 2.45) is 0 Å². The summed E-state index contributed by atoms with van der Waals surface area (Å²) in [4.78, 5) is 19.1. The molecular weight excluding hydrogens is 346 g/mol. The molecule has 0 spiro atoms. The highest BCUT2D eigenvalue weighted by Gasteiger charge is 2.19. The standard InChI is InChI=1S/C20H21N3O2S/c1-3-12-23(19(24)21-16-10-7-11-17(13-16)25-2)20-22-18(14-26-20)15-8-5-4-6-9-15/h4-11,13-14H,3,12H2,1-2H3,(H,21,24). The second-order valence-electron chi connectivity index (χ2n) is 5.70. The number of urea groups is 1. The molecule has 26 heavy (non-hydrogen) atoms. The highest BCUT2D eigenvalue weighted by Crippen LogP contribution is 2.28. The lowest BCUT2D eigenvalue weighted by molar-refractivity contribution is 0.257. The SMILES string of the molecule is CCCN(C(=O)Nc1cccc(OC)c1)c1nc(-c2ccccc2)cs1. The van der Waals surface area contributed by atoms with Crippen LogP contribution in [0.25, 0.3) is 11.3 Å². The van der Waals surface area contributed by atoms with Gasteiger partial charge in [-0.3, -0.25) is 4.90 Å². The van der Waals surface area contributed by atoms with E-state index in [4.69, 9.17) is 4.74 Å². The number of carbonyl (C=O) groups is 1. The molecule has 0 saturated heterocycles. The monoisotopic (exact) mass is 367 g/mol. The Kier molecular flexibility index (Phi) is 5.86. The molecule has 0 radical (unpaired) electrons.